The van der Waals surface area contributed by atoms with E-state index >= 15 is 0 Å². The molecule has 0 aliphatic heterocycles. The molecule has 0 fully saturated rings. The van der Waals surface area contributed by atoms with Crippen molar-refractivity contribution in [3.05, 3.63) is 87.4 Å². The van der Waals surface area contributed by atoms with E-state index in [9.17, 15) is 5.26 Å². The van der Waals surface area contributed by atoms with E-state index in [4.69, 9.17) is 0 Å². The summed E-state index contributed by atoms with van der Waals surface area (Å²) in [7, 11) is 0. The summed E-state index contributed by atoms with van der Waals surface area (Å²) in [4.78, 5) is 6.80. The fraction of sp³-hybridized carbons (Fsp3) is 0.0476. The molecule has 1 heterocycles. The van der Waals surface area contributed by atoms with E-state index in [1.54, 1.807) is 0 Å². The number of aromatic nitrogens is 1. The van der Waals surface area contributed by atoms with Gasteiger partial charge in [0.25, 0.3) is 0 Å². The number of hydrogen-bond donors (Lipinski definition) is 0. The first-order chi connectivity index (χ1) is 11.8. The Bertz CT molecular complexity index is 910. The van der Waals surface area contributed by atoms with Gasteiger partial charge in [-0.2, -0.15) is 0 Å². The van der Waals surface area contributed by atoms with Crippen molar-refractivity contribution in [2.45, 2.75) is 6.92 Å². The molecule has 0 unspecified atom stereocenters. The molecule has 0 atom stereocenters. The van der Waals surface area contributed by atoms with Crippen molar-refractivity contribution < 1.29 is 0 Å². The van der Waals surface area contributed by atoms with Gasteiger partial charge in [-0.3, -0.25) is 0 Å². The second-order valence-corrected chi connectivity index (χ2v) is 7.17. The number of nitrogens with zero attached hydrogens (tertiary/aromatic N) is 2. The van der Waals surface area contributed by atoms with Gasteiger partial charge in [0.05, 0.1) is 0 Å². The third-order valence-electron chi connectivity index (χ3n) is 3.55. The molecule has 24 heavy (non-hydrogen) atoms. The quantitative estimate of drug-likeness (QED) is 0.375. The Morgan fingerprint density at radius 2 is 1.83 bits per heavy atom. The molecular weight excluding hydrogens is 359 g/mol. The second kappa shape index (κ2) is 7.75. The number of aryl methyl sites for hydroxylation is 1. The van der Waals surface area contributed by atoms with Gasteiger partial charge in [-0.15, -0.1) is 0 Å². The van der Waals surface area contributed by atoms with E-state index in [1.165, 1.54) is 5.56 Å². The van der Waals surface area contributed by atoms with Crippen LogP contribution in [0.2, 0.25) is 0 Å². The van der Waals surface area contributed by atoms with Crippen LogP contribution in [-0.2, 0) is 0 Å². The van der Waals surface area contributed by atoms with Gasteiger partial charge in [0.1, 0.15) is 0 Å². The molecule has 0 radical (unpaired) electrons. The molecule has 3 aromatic rings. The second-order valence-electron chi connectivity index (χ2n) is 5.37. The van der Waals surface area contributed by atoms with Crippen molar-refractivity contribution in [2.24, 2.45) is 0 Å². The summed E-state index contributed by atoms with van der Waals surface area (Å²) in [5, 5.41) is 9.43. The number of hydrogen-bond acceptors (Lipinski definition) is 2. The van der Waals surface area contributed by atoms with Crippen LogP contribution < -0.4 is 0 Å². The first kappa shape index (κ1) is 16.2. The van der Waals surface area contributed by atoms with Gasteiger partial charge < -0.3 is 0 Å². The van der Waals surface area contributed by atoms with Crippen molar-refractivity contribution >= 4 is 26.2 Å². The third-order valence-corrected chi connectivity index (χ3v) is 5.39. The summed E-state index contributed by atoms with van der Waals surface area (Å²) in [6.45, 7) is 2.07. The van der Waals surface area contributed by atoms with Crippen LogP contribution in [0.4, 0.5) is 0 Å². The molecule has 0 aliphatic rings. The monoisotopic (exact) mass is 376 g/mol. The van der Waals surface area contributed by atoms with Crippen LogP contribution in [0.15, 0.2) is 71.7 Å². The van der Waals surface area contributed by atoms with E-state index in [1.807, 2.05) is 48.6 Å². The minimum absolute atomic E-state index is 0.0996. The Morgan fingerprint density at radius 1 is 1.08 bits per heavy atom. The van der Waals surface area contributed by atoms with E-state index < -0.39 is 0 Å². The van der Waals surface area contributed by atoms with Crippen molar-refractivity contribution in [3.63, 3.8) is 0 Å². The van der Waals surface area contributed by atoms with Gasteiger partial charge in [-0.1, -0.05) is 0 Å². The summed E-state index contributed by atoms with van der Waals surface area (Å²) in [6.07, 6.45) is 5.75. The predicted molar refractivity (Wildman–Crippen MR) is 100 cm³/mol. The van der Waals surface area contributed by atoms with Crippen molar-refractivity contribution in [1.29, 1.82) is 5.26 Å². The summed E-state index contributed by atoms with van der Waals surface area (Å²) in [5.41, 5.74) is 5.06. The van der Waals surface area contributed by atoms with Crippen LogP contribution in [0.1, 0.15) is 15.7 Å². The van der Waals surface area contributed by atoms with Crippen LogP contribution in [0, 0.1) is 18.3 Å². The number of nitriles is 1. The maximum absolute atomic E-state index is 9.43. The number of rotatable bonds is 4. The molecule has 0 bridgehead atoms. The van der Waals surface area contributed by atoms with Gasteiger partial charge in [0.2, 0.25) is 0 Å². The Labute approximate surface area is 148 Å². The molecule has 116 valence electrons. The minimum atomic E-state index is 0.0996. The van der Waals surface area contributed by atoms with Crippen molar-refractivity contribution in [3.8, 4) is 17.3 Å². The zero-order valence-electron chi connectivity index (χ0n) is 13.3. The van der Waals surface area contributed by atoms with Gasteiger partial charge in [0, 0.05) is 0 Å². The van der Waals surface area contributed by atoms with Gasteiger partial charge in [0.15, 0.2) is 0 Å². The molecule has 0 saturated carbocycles. The standard InChI is InChI=1S/C21H16N2Se/c1-16-10-12-18(13-11-16)20-15-24-21(23-20)19(14-22)9-5-8-17-6-3-2-4-7-17/h2-13,15H,1H3/b8-5+,19-9+. The van der Waals surface area contributed by atoms with E-state index in [0.29, 0.717) is 5.57 Å². The molecule has 0 spiro atoms. The molecule has 2 aromatic carbocycles. The first-order valence-corrected chi connectivity index (χ1v) is 9.47. The van der Waals surface area contributed by atoms with Crippen molar-refractivity contribution in [1.82, 2.24) is 4.98 Å². The molecular formula is C21H16N2Se. The normalized spacial score (nSPS) is 11.6. The number of allylic oxidation sites excluding steroid dienone is 3. The zero-order chi connectivity index (χ0) is 16.8. The summed E-state index contributed by atoms with van der Waals surface area (Å²) in [5.74, 6) is 0. The van der Waals surface area contributed by atoms with E-state index in [0.717, 1.165) is 21.4 Å². The van der Waals surface area contributed by atoms with E-state index in [-0.39, 0.29) is 14.5 Å². The maximum atomic E-state index is 9.43. The predicted octanol–water partition coefficient (Wildman–Crippen LogP) is 4.73. The van der Waals surface area contributed by atoms with Gasteiger partial charge >= 0.3 is 148 Å². The SMILES string of the molecule is Cc1ccc(-c2c[se]c(/C(C#N)=C/C=C/c3ccccc3)n2)cc1. The van der Waals surface area contributed by atoms with Crippen LogP contribution in [-0.4, -0.2) is 19.5 Å². The average molecular weight is 375 g/mol. The first-order valence-electron chi connectivity index (χ1n) is 7.63. The Balaban J connectivity index is 1.82. The molecule has 2 nitrogen and oxygen atoms in total. The Morgan fingerprint density at radius 3 is 2.54 bits per heavy atom. The molecule has 0 N–H and O–H groups in total. The molecule has 3 rings (SSSR count). The van der Waals surface area contributed by atoms with E-state index in [2.05, 4.69) is 47.2 Å². The van der Waals surface area contributed by atoms with Crippen LogP contribution >= 0.6 is 0 Å². The molecule has 0 saturated heterocycles. The molecule has 1 aromatic heterocycles. The fourth-order valence-electron chi connectivity index (χ4n) is 2.23. The summed E-state index contributed by atoms with van der Waals surface area (Å²) < 4.78 is 0.887. The van der Waals surface area contributed by atoms with Crippen LogP contribution in [0.5, 0.6) is 0 Å². The molecule has 0 aliphatic carbocycles. The molecule has 3 heteroatoms. The fourth-order valence-corrected chi connectivity index (χ4v) is 3.92. The average Bonchev–Trinajstić information content (AvgIpc) is 3.10. The Kier molecular flexibility index (Phi) is 5.23. The summed E-state index contributed by atoms with van der Waals surface area (Å²) >= 11 is 0.0996. The Hall–Kier alpha value is -2.66. The zero-order valence-corrected chi connectivity index (χ0v) is 15.0. The third kappa shape index (κ3) is 4.00. The van der Waals surface area contributed by atoms with Gasteiger partial charge in [-0.25, -0.2) is 0 Å². The van der Waals surface area contributed by atoms with Crippen LogP contribution in [0.3, 0.4) is 0 Å². The summed E-state index contributed by atoms with van der Waals surface area (Å²) in [6, 6.07) is 20.6. The van der Waals surface area contributed by atoms with Crippen LogP contribution in [0.25, 0.3) is 22.9 Å². The topological polar surface area (TPSA) is 36.7 Å². The number of benzene rings is 2. The van der Waals surface area contributed by atoms with Gasteiger partial charge in [-0.05, 0) is 0 Å². The molecule has 0 amide bonds. The van der Waals surface area contributed by atoms with Crippen molar-refractivity contribution in [2.75, 3.05) is 0 Å².